The fraction of sp³-hybridized carbons (Fsp3) is 0.600. The molecule has 2 fully saturated rings. The molecule has 2 aliphatic rings. The highest BCUT2D eigenvalue weighted by molar-refractivity contribution is 5.92. The summed E-state index contributed by atoms with van der Waals surface area (Å²) in [7, 11) is 0. The van der Waals surface area contributed by atoms with Crippen LogP contribution in [0.3, 0.4) is 0 Å². The molecule has 8 nitrogen and oxygen atoms in total. The van der Waals surface area contributed by atoms with Crippen molar-refractivity contribution in [2.45, 2.75) is 38.9 Å². The minimum Gasteiger partial charge on any atom is -0.426 e. The van der Waals surface area contributed by atoms with Crippen molar-refractivity contribution in [1.82, 2.24) is 20.3 Å². The molecule has 23 heavy (non-hydrogen) atoms. The summed E-state index contributed by atoms with van der Waals surface area (Å²) < 4.78 is 16.4. The first-order valence-electron chi connectivity index (χ1n) is 7.75. The molecule has 0 radical (unpaired) electrons. The van der Waals surface area contributed by atoms with Gasteiger partial charge in [-0.2, -0.15) is 0 Å². The van der Waals surface area contributed by atoms with Gasteiger partial charge < -0.3 is 18.6 Å². The van der Waals surface area contributed by atoms with Gasteiger partial charge in [0.2, 0.25) is 11.8 Å². The van der Waals surface area contributed by atoms with Gasteiger partial charge in [-0.05, 0) is 13.3 Å². The molecule has 0 aliphatic carbocycles. The molecule has 2 aliphatic heterocycles. The van der Waals surface area contributed by atoms with Gasteiger partial charge >= 0.3 is 0 Å². The Kier molecular flexibility index (Phi) is 3.41. The van der Waals surface area contributed by atoms with Gasteiger partial charge in [-0.3, -0.25) is 4.79 Å². The van der Waals surface area contributed by atoms with Gasteiger partial charge in [0.05, 0.1) is 18.6 Å². The number of aryl methyl sites for hydroxylation is 2. The Labute approximate surface area is 132 Å². The second-order valence-electron chi connectivity index (χ2n) is 6.24. The van der Waals surface area contributed by atoms with Gasteiger partial charge in [0.15, 0.2) is 5.69 Å². The maximum atomic E-state index is 12.4. The molecule has 0 aromatic carbocycles. The van der Waals surface area contributed by atoms with Crippen LogP contribution in [0.5, 0.6) is 0 Å². The summed E-state index contributed by atoms with van der Waals surface area (Å²) in [6, 6.07) is 1.66. The molecule has 0 saturated carbocycles. The minimum atomic E-state index is -0.0936. The molecule has 1 amide bonds. The van der Waals surface area contributed by atoms with Crippen LogP contribution in [0.2, 0.25) is 0 Å². The van der Waals surface area contributed by atoms with E-state index in [9.17, 15) is 4.79 Å². The van der Waals surface area contributed by atoms with Gasteiger partial charge in [0.1, 0.15) is 5.76 Å². The van der Waals surface area contributed by atoms with Crippen LogP contribution in [0.15, 0.2) is 15.0 Å². The highest BCUT2D eigenvalue weighted by Crippen LogP contribution is 2.34. The van der Waals surface area contributed by atoms with E-state index >= 15 is 0 Å². The lowest BCUT2D eigenvalue weighted by Gasteiger charge is -2.17. The quantitative estimate of drug-likeness (QED) is 0.837. The van der Waals surface area contributed by atoms with Crippen molar-refractivity contribution in [3.63, 3.8) is 0 Å². The third kappa shape index (κ3) is 2.74. The Hall–Kier alpha value is -2.22. The molecule has 4 heterocycles. The lowest BCUT2D eigenvalue weighted by atomic mass is 10.0. The third-order valence-corrected chi connectivity index (χ3v) is 4.42. The van der Waals surface area contributed by atoms with Crippen molar-refractivity contribution in [1.29, 1.82) is 0 Å². The lowest BCUT2D eigenvalue weighted by molar-refractivity contribution is 0.0334. The molecule has 4 rings (SSSR count). The van der Waals surface area contributed by atoms with Gasteiger partial charge in [-0.1, -0.05) is 5.16 Å². The number of nitrogens with zero attached hydrogens (tertiary/aromatic N) is 4. The molecule has 0 N–H and O–H groups in total. The van der Waals surface area contributed by atoms with Crippen LogP contribution in [-0.4, -0.2) is 51.5 Å². The number of fused-ring (bicyclic) bond motifs is 1. The summed E-state index contributed by atoms with van der Waals surface area (Å²) in [6.07, 6.45) is 1.68. The molecule has 3 atom stereocenters. The zero-order chi connectivity index (χ0) is 16.0. The largest absolute Gasteiger partial charge is 0.426 e. The molecule has 0 unspecified atom stereocenters. The first-order valence-corrected chi connectivity index (χ1v) is 7.75. The average Bonchev–Trinajstić information content (AvgIpc) is 3.23. The van der Waals surface area contributed by atoms with E-state index in [1.807, 2.05) is 0 Å². The standard InChI is InChI=1S/C15H18N4O4/c1-8-3-12(18-23-8)15(20)19-6-10-4-11(22-13(10)7-19)5-14-17-16-9(2)21-14/h3,10-11,13H,4-7H2,1-2H3/t10-,11+,13+/m0/s1. The predicted molar refractivity (Wildman–Crippen MR) is 76.7 cm³/mol. The van der Waals surface area contributed by atoms with E-state index in [0.29, 0.717) is 48.7 Å². The number of aromatic nitrogens is 3. The highest BCUT2D eigenvalue weighted by atomic mass is 16.5. The molecule has 8 heteroatoms. The van der Waals surface area contributed by atoms with Gasteiger partial charge in [0.25, 0.3) is 5.91 Å². The summed E-state index contributed by atoms with van der Waals surface area (Å²) in [4.78, 5) is 14.2. The summed E-state index contributed by atoms with van der Waals surface area (Å²) in [5, 5.41) is 11.6. The summed E-state index contributed by atoms with van der Waals surface area (Å²) in [5.41, 5.74) is 0.361. The maximum absolute atomic E-state index is 12.4. The number of amides is 1. The van der Waals surface area contributed by atoms with Crippen molar-refractivity contribution in [3.05, 3.63) is 29.3 Å². The second kappa shape index (κ2) is 5.45. The molecule has 2 aromatic heterocycles. The third-order valence-electron chi connectivity index (χ3n) is 4.42. The van der Waals surface area contributed by atoms with Crippen LogP contribution in [0.1, 0.15) is 34.5 Å². The SMILES string of the molecule is Cc1cc(C(=O)N2C[C@@H]3C[C@H](Cc4nnc(C)o4)O[C@@H]3C2)no1. The van der Waals surface area contributed by atoms with Crippen LogP contribution >= 0.6 is 0 Å². The zero-order valence-corrected chi connectivity index (χ0v) is 13.1. The average molecular weight is 318 g/mol. The first-order chi connectivity index (χ1) is 11.1. The predicted octanol–water partition coefficient (Wildman–Crippen LogP) is 1.15. The molecule has 122 valence electrons. The highest BCUT2D eigenvalue weighted by Gasteiger charge is 2.44. The smallest absolute Gasteiger partial charge is 0.276 e. The number of carbonyl (C=O) groups excluding carboxylic acids is 1. The Morgan fingerprint density at radius 3 is 2.87 bits per heavy atom. The summed E-state index contributed by atoms with van der Waals surface area (Å²) in [6.45, 7) is 4.83. The monoisotopic (exact) mass is 318 g/mol. The maximum Gasteiger partial charge on any atom is 0.276 e. The molecule has 0 spiro atoms. The van der Waals surface area contributed by atoms with Crippen LogP contribution in [0.25, 0.3) is 0 Å². The van der Waals surface area contributed by atoms with Crippen LogP contribution in [-0.2, 0) is 11.2 Å². The van der Waals surface area contributed by atoms with Gasteiger partial charge in [-0.15, -0.1) is 10.2 Å². The van der Waals surface area contributed by atoms with Crippen molar-refractivity contribution in [2.24, 2.45) is 5.92 Å². The fourth-order valence-corrected chi connectivity index (χ4v) is 3.40. The Balaban J connectivity index is 1.35. The van der Waals surface area contributed by atoms with Crippen LogP contribution in [0.4, 0.5) is 0 Å². The Bertz CT molecular complexity index is 711. The van der Waals surface area contributed by atoms with Crippen molar-refractivity contribution < 1.29 is 18.5 Å². The van der Waals surface area contributed by atoms with E-state index in [0.717, 1.165) is 6.42 Å². The molecular formula is C15H18N4O4. The van der Waals surface area contributed by atoms with E-state index in [1.165, 1.54) is 0 Å². The fourth-order valence-electron chi connectivity index (χ4n) is 3.40. The summed E-state index contributed by atoms with van der Waals surface area (Å²) >= 11 is 0. The van der Waals surface area contributed by atoms with Crippen LogP contribution in [0, 0.1) is 19.8 Å². The van der Waals surface area contributed by atoms with Gasteiger partial charge in [0, 0.05) is 32.0 Å². The number of hydrogen-bond acceptors (Lipinski definition) is 7. The Morgan fingerprint density at radius 2 is 2.22 bits per heavy atom. The van der Waals surface area contributed by atoms with Crippen molar-refractivity contribution >= 4 is 5.91 Å². The topological polar surface area (TPSA) is 94.5 Å². The second-order valence-corrected chi connectivity index (χ2v) is 6.24. The number of carbonyl (C=O) groups is 1. The molecular weight excluding hydrogens is 300 g/mol. The Morgan fingerprint density at radius 1 is 1.35 bits per heavy atom. The minimum absolute atomic E-state index is 0.0703. The van der Waals surface area contributed by atoms with Crippen molar-refractivity contribution in [2.75, 3.05) is 13.1 Å². The normalized spacial score (nSPS) is 26.7. The number of ether oxygens (including phenoxy) is 1. The number of rotatable bonds is 3. The molecule has 2 saturated heterocycles. The molecule has 0 bridgehead atoms. The van der Waals surface area contributed by atoms with Gasteiger partial charge in [-0.25, -0.2) is 0 Å². The summed E-state index contributed by atoms with van der Waals surface area (Å²) in [5.74, 6) is 2.07. The van der Waals surface area contributed by atoms with Crippen molar-refractivity contribution in [3.8, 4) is 0 Å². The van der Waals surface area contributed by atoms with E-state index in [4.69, 9.17) is 13.7 Å². The van der Waals surface area contributed by atoms with E-state index < -0.39 is 0 Å². The zero-order valence-electron chi connectivity index (χ0n) is 13.1. The molecule has 2 aromatic rings. The van der Waals surface area contributed by atoms with E-state index in [1.54, 1.807) is 24.8 Å². The first kappa shape index (κ1) is 14.4. The number of likely N-dealkylation sites (tertiary alicyclic amines) is 1. The number of hydrogen-bond donors (Lipinski definition) is 0. The van der Waals surface area contributed by atoms with E-state index in [-0.39, 0.29) is 18.1 Å². The van der Waals surface area contributed by atoms with E-state index in [2.05, 4.69) is 15.4 Å². The lowest BCUT2D eigenvalue weighted by Crippen LogP contribution is -2.31. The van der Waals surface area contributed by atoms with Crippen LogP contribution < -0.4 is 0 Å².